The van der Waals surface area contributed by atoms with Gasteiger partial charge in [0, 0.05) is 12.6 Å². The minimum atomic E-state index is -0.967. The van der Waals surface area contributed by atoms with Crippen molar-refractivity contribution in [3.05, 3.63) is 40.9 Å². The third-order valence-electron chi connectivity index (χ3n) is 3.50. The van der Waals surface area contributed by atoms with Crippen LogP contribution in [0.2, 0.25) is 0 Å². The van der Waals surface area contributed by atoms with Gasteiger partial charge in [0.15, 0.2) is 5.82 Å². The summed E-state index contributed by atoms with van der Waals surface area (Å²) in [5.74, 6) is -0.813. The van der Waals surface area contributed by atoms with Crippen molar-refractivity contribution in [2.45, 2.75) is 25.9 Å². The van der Waals surface area contributed by atoms with E-state index in [0.717, 1.165) is 4.57 Å². The predicted octanol–water partition coefficient (Wildman–Crippen LogP) is 1.26. The molecule has 0 aliphatic heterocycles. The van der Waals surface area contributed by atoms with E-state index in [-0.39, 0.29) is 18.3 Å². The highest BCUT2D eigenvalue weighted by Gasteiger charge is 2.28. The molecule has 0 saturated carbocycles. The van der Waals surface area contributed by atoms with Crippen molar-refractivity contribution < 1.29 is 9.32 Å². The number of nitrogens with zero attached hydrogens (tertiary/aromatic N) is 4. The van der Waals surface area contributed by atoms with Crippen molar-refractivity contribution in [2.24, 2.45) is 0 Å². The first-order chi connectivity index (χ1) is 10.4. The van der Waals surface area contributed by atoms with Gasteiger partial charge < -0.3 is 4.90 Å². The average Bonchev–Trinajstić information content (AvgIpc) is 2.88. The van der Waals surface area contributed by atoms with Gasteiger partial charge in [-0.25, -0.2) is 9.36 Å². The number of carbonyl (C=O) groups is 1. The van der Waals surface area contributed by atoms with E-state index in [2.05, 4.69) is 9.68 Å². The Morgan fingerprint density at radius 2 is 2.05 bits per heavy atom. The van der Waals surface area contributed by atoms with E-state index in [9.17, 15) is 9.59 Å². The number of rotatable bonds is 4. The van der Waals surface area contributed by atoms with Gasteiger partial charge in [0.05, 0.1) is 6.07 Å². The van der Waals surface area contributed by atoms with Gasteiger partial charge in [0.2, 0.25) is 5.91 Å². The van der Waals surface area contributed by atoms with Gasteiger partial charge in [-0.3, -0.25) is 9.32 Å². The number of nitriles is 1. The van der Waals surface area contributed by atoms with Crippen LogP contribution in [0.3, 0.4) is 0 Å². The third kappa shape index (κ3) is 2.91. The Morgan fingerprint density at radius 1 is 1.41 bits per heavy atom. The molecule has 0 saturated heterocycles. The standard InChI is InChI=1S/C15H16N4O3/c1-15(2,10-16)18(3)12(20)9-19-13(17-22-14(19)21)11-7-5-4-6-8-11/h4-8H,9H2,1-3H3. The van der Waals surface area contributed by atoms with Gasteiger partial charge in [-0.2, -0.15) is 5.26 Å². The number of benzene rings is 1. The summed E-state index contributed by atoms with van der Waals surface area (Å²) in [5, 5.41) is 12.8. The van der Waals surface area contributed by atoms with Crippen LogP contribution < -0.4 is 5.76 Å². The molecule has 22 heavy (non-hydrogen) atoms. The second-order valence-electron chi connectivity index (χ2n) is 5.35. The zero-order valence-corrected chi connectivity index (χ0v) is 12.6. The summed E-state index contributed by atoms with van der Waals surface area (Å²) in [4.78, 5) is 25.4. The van der Waals surface area contributed by atoms with Crippen LogP contribution in [-0.2, 0) is 11.3 Å². The molecule has 0 aliphatic rings. The first-order valence-electron chi connectivity index (χ1n) is 6.66. The summed E-state index contributed by atoms with van der Waals surface area (Å²) in [6.45, 7) is 3.01. The maximum absolute atomic E-state index is 12.3. The minimum absolute atomic E-state index is 0.242. The van der Waals surface area contributed by atoms with Crippen LogP contribution in [0.15, 0.2) is 39.6 Å². The molecule has 0 N–H and O–H groups in total. The van der Waals surface area contributed by atoms with Crippen LogP contribution in [-0.4, -0.2) is 33.1 Å². The van der Waals surface area contributed by atoms with Crippen molar-refractivity contribution in [1.29, 1.82) is 5.26 Å². The molecule has 0 fully saturated rings. The quantitative estimate of drug-likeness (QED) is 0.847. The lowest BCUT2D eigenvalue weighted by molar-refractivity contribution is -0.133. The van der Waals surface area contributed by atoms with E-state index in [1.54, 1.807) is 38.1 Å². The molecule has 7 nitrogen and oxygen atoms in total. The lowest BCUT2D eigenvalue weighted by Gasteiger charge is -2.29. The molecule has 2 rings (SSSR count). The van der Waals surface area contributed by atoms with Gasteiger partial charge in [-0.05, 0) is 13.8 Å². The lowest BCUT2D eigenvalue weighted by atomic mass is 10.1. The van der Waals surface area contributed by atoms with E-state index in [0.29, 0.717) is 5.56 Å². The topological polar surface area (TPSA) is 92.1 Å². The van der Waals surface area contributed by atoms with Crippen LogP contribution in [0, 0.1) is 11.3 Å². The van der Waals surface area contributed by atoms with Crippen LogP contribution >= 0.6 is 0 Å². The Labute approximate surface area is 127 Å². The Morgan fingerprint density at radius 3 is 2.64 bits per heavy atom. The van der Waals surface area contributed by atoms with Crippen LogP contribution in [0.1, 0.15) is 13.8 Å². The molecular weight excluding hydrogens is 284 g/mol. The summed E-state index contributed by atoms with van der Waals surface area (Å²) >= 11 is 0. The molecule has 1 aromatic heterocycles. The lowest BCUT2D eigenvalue weighted by Crippen LogP contribution is -2.46. The number of amides is 1. The van der Waals surface area contributed by atoms with Crippen molar-refractivity contribution in [3.63, 3.8) is 0 Å². The first-order valence-corrected chi connectivity index (χ1v) is 6.66. The van der Waals surface area contributed by atoms with E-state index in [1.807, 2.05) is 12.1 Å². The highest BCUT2D eigenvalue weighted by atomic mass is 16.5. The van der Waals surface area contributed by atoms with Gasteiger partial charge in [-0.1, -0.05) is 35.5 Å². The Kier molecular flexibility index (Phi) is 4.13. The molecule has 7 heteroatoms. The second-order valence-corrected chi connectivity index (χ2v) is 5.35. The smallest absolute Gasteiger partial charge is 0.326 e. The van der Waals surface area contributed by atoms with Crippen LogP contribution in [0.4, 0.5) is 0 Å². The molecule has 0 atom stereocenters. The number of hydrogen-bond donors (Lipinski definition) is 0. The molecule has 0 aliphatic carbocycles. The maximum Gasteiger partial charge on any atom is 0.442 e. The van der Waals surface area contributed by atoms with Gasteiger partial charge in [0.25, 0.3) is 0 Å². The summed E-state index contributed by atoms with van der Waals surface area (Å²) in [7, 11) is 1.52. The van der Waals surface area contributed by atoms with Gasteiger partial charge in [0.1, 0.15) is 12.1 Å². The molecule has 0 spiro atoms. The van der Waals surface area contributed by atoms with Crippen molar-refractivity contribution in [2.75, 3.05) is 7.05 Å². The third-order valence-corrected chi connectivity index (χ3v) is 3.50. The highest BCUT2D eigenvalue weighted by molar-refractivity contribution is 5.77. The van der Waals surface area contributed by atoms with Gasteiger partial charge in [-0.15, -0.1) is 0 Å². The van der Waals surface area contributed by atoms with Gasteiger partial charge >= 0.3 is 5.76 Å². The molecule has 2 aromatic rings. The zero-order chi connectivity index (χ0) is 16.3. The maximum atomic E-state index is 12.3. The normalized spacial score (nSPS) is 11.0. The Bertz CT molecular complexity index is 768. The summed E-state index contributed by atoms with van der Waals surface area (Å²) < 4.78 is 5.82. The second kappa shape index (κ2) is 5.85. The zero-order valence-electron chi connectivity index (χ0n) is 12.6. The van der Waals surface area contributed by atoms with E-state index in [4.69, 9.17) is 5.26 Å². The molecule has 1 amide bonds. The van der Waals surface area contributed by atoms with Crippen molar-refractivity contribution >= 4 is 5.91 Å². The average molecular weight is 300 g/mol. The van der Waals surface area contributed by atoms with E-state index >= 15 is 0 Å². The van der Waals surface area contributed by atoms with E-state index < -0.39 is 11.3 Å². The molecule has 114 valence electrons. The van der Waals surface area contributed by atoms with E-state index in [1.165, 1.54) is 11.9 Å². The van der Waals surface area contributed by atoms with Crippen LogP contribution in [0.25, 0.3) is 11.4 Å². The predicted molar refractivity (Wildman–Crippen MR) is 78.7 cm³/mol. The van der Waals surface area contributed by atoms with Crippen molar-refractivity contribution in [1.82, 2.24) is 14.6 Å². The fraction of sp³-hybridized carbons (Fsp3) is 0.333. The molecular formula is C15H16N4O3. The SMILES string of the molecule is CN(C(=O)Cn1c(-c2ccccc2)noc1=O)C(C)(C)C#N. The fourth-order valence-electron chi connectivity index (χ4n) is 1.83. The number of likely N-dealkylation sites (N-methyl/N-ethyl adjacent to an activating group) is 1. The highest BCUT2D eigenvalue weighted by Crippen LogP contribution is 2.16. The molecule has 0 radical (unpaired) electrons. The molecule has 1 heterocycles. The minimum Gasteiger partial charge on any atom is -0.326 e. The summed E-state index contributed by atoms with van der Waals surface area (Å²) in [6.07, 6.45) is 0. The Balaban J connectivity index is 2.32. The number of aromatic nitrogens is 2. The first kappa shape index (κ1) is 15.5. The molecule has 0 unspecified atom stereocenters. The number of carbonyl (C=O) groups excluding carboxylic acids is 1. The largest absolute Gasteiger partial charge is 0.442 e. The monoisotopic (exact) mass is 300 g/mol. The van der Waals surface area contributed by atoms with Crippen molar-refractivity contribution in [3.8, 4) is 17.5 Å². The fourth-order valence-corrected chi connectivity index (χ4v) is 1.83. The summed E-state index contributed by atoms with van der Waals surface area (Å²) in [5.41, 5.74) is -0.298. The summed E-state index contributed by atoms with van der Waals surface area (Å²) in [6, 6.07) is 11.0. The Hall–Kier alpha value is -2.88. The molecule has 0 bridgehead atoms. The van der Waals surface area contributed by atoms with Crippen LogP contribution in [0.5, 0.6) is 0 Å². The number of hydrogen-bond acceptors (Lipinski definition) is 5. The molecule has 1 aromatic carbocycles.